The van der Waals surface area contributed by atoms with Crippen molar-refractivity contribution in [2.24, 2.45) is 5.92 Å². The van der Waals surface area contributed by atoms with Crippen molar-refractivity contribution < 1.29 is 4.39 Å². The second-order valence-electron chi connectivity index (χ2n) is 4.88. The third-order valence-electron chi connectivity index (χ3n) is 3.68. The van der Waals surface area contributed by atoms with E-state index in [1.54, 1.807) is 6.07 Å². The molecule has 0 aromatic heterocycles. The average Bonchev–Trinajstić information content (AvgIpc) is 2.70. The van der Waals surface area contributed by atoms with Crippen molar-refractivity contribution in [3.05, 3.63) is 35.1 Å². The Balaban J connectivity index is 2.25. The summed E-state index contributed by atoms with van der Waals surface area (Å²) in [4.78, 5) is 0. The zero-order valence-corrected chi connectivity index (χ0v) is 10.1. The van der Waals surface area contributed by atoms with Gasteiger partial charge in [0, 0.05) is 0 Å². The van der Waals surface area contributed by atoms with Gasteiger partial charge in [0.05, 0.1) is 0 Å². The Morgan fingerprint density at radius 2 is 2.19 bits per heavy atom. The summed E-state index contributed by atoms with van der Waals surface area (Å²) in [5.74, 6) is 0.979. The van der Waals surface area contributed by atoms with Crippen LogP contribution in [0.2, 0.25) is 0 Å². The fourth-order valence-electron chi connectivity index (χ4n) is 2.90. The van der Waals surface area contributed by atoms with E-state index < -0.39 is 0 Å². The molecule has 1 N–H and O–H groups in total. The Kier molecular flexibility index (Phi) is 3.59. The van der Waals surface area contributed by atoms with Crippen LogP contribution >= 0.6 is 0 Å². The Labute approximate surface area is 97.1 Å². The van der Waals surface area contributed by atoms with E-state index in [1.165, 1.54) is 12.8 Å². The van der Waals surface area contributed by atoms with Gasteiger partial charge < -0.3 is 5.32 Å². The normalized spacial score (nSPS) is 24.9. The number of aryl methyl sites for hydroxylation is 1. The van der Waals surface area contributed by atoms with Gasteiger partial charge in [-0.05, 0) is 56.8 Å². The van der Waals surface area contributed by atoms with Crippen molar-refractivity contribution in [2.45, 2.75) is 32.1 Å². The van der Waals surface area contributed by atoms with Crippen molar-refractivity contribution in [3.8, 4) is 0 Å². The van der Waals surface area contributed by atoms with Crippen molar-refractivity contribution in [1.29, 1.82) is 0 Å². The van der Waals surface area contributed by atoms with Crippen LogP contribution in [0.3, 0.4) is 0 Å². The van der Waals surface area contributed by atoms with Gasteiger partial charge in [0.1, 0.15) is 5.82 Å². The fourth-order valence-corrected chi connectivity index (χ4v) is 2.90. The molecule has 2 unspecified atom stereocenters. The van der Waals surface area contributed by atoms with Gasteiger partial charge in [0.15, 0.2) is 0 Å². The molecule has 0 radical (unpaired) electrons. The summed E-state index contributed by atoms with van der Waals surface area (Å²) < 4.78 is 13.8. The number of hydrogen-bond acceptors (Lipinski definition) is 1. The van der Waals surface area contributed by atoms with E-state index in [1.807, 2.05) is 26.1 Å². The highest BCUT2D eigenvalue weighted by Crippen LogP contribution is 2.40. The molecule has 1 saturated carbocycles. The predicted octanol–water partition coefficient (Wildman–Crippen LogP) is 3.24. The summed E-state index contributed by atoms with van der Waals surface area (Å²) in [6.45, 7) is 3.03. The van der Waals surface area contributed by atoms with Crippen LogP contribution in [0, 0.1) is 18.7 Å². The lowest BCUT2D eigenvalue weighted by atomic mass is 9.88. The zero-order chi connectivity index (χ0) is 11.5. The number of nitrogens with one attached hydrogen (secondary N) is 1. The van der Waals surface area contributed by atoms with E-state index in [0.717, 1.165) is 24.1 Å². The van der Waals surface area contributed by atoms with Crippen LogP contribution in [0.15, 0.2) is 18.2 Å². The van der Waals surface area contributed by atoms with Gasteiger partial charge in [-0.25, -0.2) is 4.39 Å². The van der Waals surface area contributed by atoms with Gasteiger partial charge in [-0.15, -0.1) is 0 Å². The SMILES string of the molecule is CNCC1CCCC1c1cc(C)ccc1F. The molecule has 1 aromatic carbocycles. The monoisotopic (exact) mass is 221 g/mol. The maximum absolute atomic E-state index is 13.8. The molecule has 1 nitrogen and oxygen atoms in total. The second-order valence-corrected chi connectivity index (χ2v) is 4.88. The molecule has 88 valence electrons. The highest BCUT2D eigenvalue weighted by Gasteiger charge is 2.29. The molecule has 0 aliphatic heterocycles. The van der Waals surface area contributed by atoms with E-state index in [-0.39, 0.29) is 5.82 Å². The molecule has 0 heterocycles. The van der Waals surface area contributed by atoms with Crippen LogP contribution in [0.5, 0.6) is 0 Å². The Hall–Kier alpha value is -0.890. The average molecular weight is 221 g/mol. The first-order valence-electron chi connectivity index (χ1n) is 6.13. The first-order valence-corrected chi connectivity index (χ1v) is 6.13. The molecule has 0 bridgehead atoms. The summed E-state index contributed by atoms with van der Waals surface area (Å²) in [5.41, 5.74) is 2.09. The standard InChI is InChI=1S/C14H20FN/c1-10-6-7-14(15)13(8-10)12-5-3-4-11(12)9-16-2/h6-8,11-12,16H,3-5,9H2,1-2H3. The van der Waals surface area contributed by atoms with Crippen LogP contribution in [0.1, 0.15) is 36.3 Å². The number of hydrogen-bond donors (Lipinski definition) is 1. The summed E-state index contributed by atoms with van der Waals surface area (Å²) in [6, 6.07) is 5.48. The molecular formula is C14H20FN. The summed E-state index contributed by atoms with van der Waals surface area (Å²) in [7, 11) is 1.97. The third-order valence-corrected chi connectivity index (χ3v) is 3.68. The minimum atomic E-state index is -0.0291. The van der Waals surface area contributed by atoms with E-state index in [4.69, 9.17) is 0 Å². The molecule has 0 spiro atoms. The molecule has 0 amide bonds. The van der Waals surface area contributed by atoms with Gasteiger partial charge in [-0.3, -0.25) is 0 Å². The molecule has 2 atom stereocenters. The zero-order valence-electron chi connectivity index (χ0n) is 10.1. The highest BCUT2D eigenvalue weighted by atomic mass is 19.1. The number of halogens is 1. The van der Waals surface area contributed by atoms with E-state index in [0.29, 0.717) is 11.8 Å². The van der Waals surface area contributed by atoms with Crippen LogP contribution in [0.25, 0.3) is 0 Å². The van der Waals surface area contributed by atoms with Crippen molar-refractivity contribution in [3.63, 3.8) is 0 Å². The van der Waals surface area contributed by atoms with Crippen LogP contribution in [-0.4, -0.2) is 13.6 Å². The highest BCUT2D eigenvalue weighted by molar-refractivity contribution is 5.28. The van der Waals surface area contributed by atoms with Crippen molar-refractivity contribution in [2.75, 3.05) is 13.6 Å². The molecule has 1 aromatic rings. The molecule has 2 rings (SSSR count). The molecule has 2 heteroatoms. The van der Waals surface area contributed by atoms with Crippen LogP contribution in [-0.2, 0) is 0 Å². The number of benzene rings is 1. The molecule has 0 saturated heterocycles. The first kappa shape index (κ1) is 11.6. The summed E-state index contributed by atoms with van der Waals surface area (Å²) >= 11 is 0. The first-order chi connectivity index (χ1) is 7.72. The lowest BCUT2D eigenvalue weighted by Gasteiger charge is -2.20. The Morgan fingerprint density at radius 1 is 1.38 bits per heavy atom. The lowest BCUT2D eigenvalue weighted by Crippen LogP contribution is -2.21. The van der Waals surface area contributed by atoms with E-state index in [9.17, 15) is 4.39 Å². The Morgan fingerprint density at radius 3 is 2.94 bits per heavy atom. The smallest absolute Gasteiger partial charge is 0.126 e. The molecule has 1 aliphatic carbocycles. The molecule has 16 heavy (non-hydrogen) atoms. The van der Waals surface area contributed by atoms with E-state index in [2.05, 4.69) is 5.32 Å². The topological polar surface area (TPSA) is 12.0 Å². The summed E-state index contributed by atoms with van der Waals surface area (Å²) in [5, 5.41) is 3.22. The maximum atomic E-state index is 13.8. The largest absolute Gasteiger partial charge is 0.319 e. The van der Waals surface area contributed by atoms with Crippen molar-refractivity contribution in [1.82, 2.24) is 5.32 Å². The maximum Gasteiger partial charge on any atom is 0.126 e. The van der Waals surface area contributed by atoms with Crippen molar-refractivity contribution >= 4 is 0 Å². The third kappa shape index (κ3) is 2.27. The van der Waals surface area contributed by atoms with Crippen LogP contribution < -0.4 is 5.32 Å². The molecular weight excluding hydrogens is 201 g/mol. The summed E-state index contributed by atoms with van der Waals surface area (Å²) in [6.07, 6.45) is 3.58. The van der Waals surface area contributed by atoms with Crippen LogP contribution in [0.4, 0.5) is 4.39 Å². The Bertz CT molecular complexity index is 362. The van der Waals surface area contributed by atoms with Gasteiger partial charge >= 0.3 is 0 Å². The minimum absolute atomic E-state index is 0.0291. The number of rotatable bonds is 3. The minimum Gasteiger partial charge on any atom is -0.319 e. The molecule has 1 fully saturated rings. The van der Waals surface area contributed by atoms with Gasteiger partial charge in [-0.2, -0.15) is 0 Å². The molecule has 1 aliphatic rings. The lowest BCUT2D eigenvalue weighted by molar-refractivity contribution is 0.447. The predicted molar refractivity (Wildman–Crippen MR) is 65.1 cm³/mol. The van der Waals surface area contributed by atoms with Gasteiger partial charge in [0.25, 0.3) is 0 Å². The van der Waals surface area contributed by atoms with E-state index >= 15 is 0 Å². The fraction of sp³-hybridized carbons (Fsp3) is 0.571. The quantitative estimate of drug-likeness (QED) is 0.826. The second kappa shape index (κ2) is 4.96. The van der Waals surface area contributed by atoms with Gasteiger partial charge in [-0.1, -0.05) is 24.1 Å². The van der Waals surface area contributed by atoms with Gasteiger partial charge in [0.2, 0.25) is 0 Å².